The number of halogens is 1. The Morgan fingerprint density at radius 3 is 2.29 bits per heavy atom. The van der Waals surface area contributed by atoms with Gasteiger partial charge in [0.05, 0.1) is 5.69 Å². The Balaban J connectivity index is 2.03. The zero-order valence-corrected chi connectivity index (χ0v) is 12.2. The molecule has 106 valence electrons. The second kappa shape index (κ2) is 5.52. The van der Waals surface area contributed by atoms with Gasteiger partial charge in [-0.2, -0.15) is 0 Å². The van der Waals surface area contributed by atoms with Gasteiger partial charge in [0.25, 0.3) is 0 Å². The first-order valence-electron chi connectivity index (χ1n) is 6.99. The first-order chi connectivity index (χ1) is 10.1. The van der Waals surface area contributed by atoms with Crippen LogP contribution in [0.3, 0.4) is 0 Å². The Morgan fingerprint density at radius 1 is 0.952 bits per heavy atom. The average Bonchev–Trinajstić information content (AvgIpc) is 2.79. The van der Waals surface area contributed by atoms with Crippen LogP contribution in [0.25, 0.3) is 11.4 Å². The Bertz CT molecular complexity index is 743. The van der Waals surface area contributed by atoms with Crippen molar-refractivity contribution in [1.82, 2.24) is 9.55 Å². The molecule has 2 nitrogen and oxygen atoms in total. The fourth-order valence-electron chi connectivity index (χ4n) is 2.43. The summed E-state index contributed by atoms with van der Waals surface area (Å²) in [5, 5.41) is 0. The molecular weight excluding hydrogens is 263 g/mol. The first-order valence-corrected chi connectivity index (χ1v) is 6.99. The molecule has 0 spiro atoms. The van der Waals surface area contributed by atoms with Gasteiger partial charge in [0.2, 0.25) is 0 Å². The minimum atomic E-state index is -0.208. The Labute approximate surface area is 123 Å². The van der Waals surface area contributed by atoms with Crippen LogP contribution in [0.4, 0.5) is 4.39 Å². The van der Waals surface area contributed by atoms with Crippen molar-refractivity contribution in [2.75, 3.05) is 0 Å². The summed E-state index contributed by atoms with van der Waals surface area (Å²) in [5.41, 5.74) is 4.32. The van der Waals surface area contributed by atoms with E-state index in [1.165, 1.54) is 12.1 Å². The predicted molar refractivity (Wildman–Crippen MR) is 82.6 cm³/mol. The highest BCUT2D eigenvalue weighted by Gasteiger charge is 2.12. The third kappa shape index (κ3) is 2.72. The number of benzene rings is 2. The minimum Gasteiger partial charge on any atom is -0.324 e. The molecule has 21 heavy (non-hydrogen) atoms. The van der Waals surface area contributed by atoms with Crippen LogP contribution in [-0.4, -0.2) is 9.55 Å². The molecule has 0 amide bonds. The smallest absolute Gasteiger partial charge is 0.140 e. The summed E-state index contributed by atoms with van der Waals surface area (Å²) in [6, 6.07) is 16.8. The third-order valence-corrected chi connectivity index (χ3v) is 3.74. The van der Waals surface area contributed by atoms with Crippen LogP contribution in [0, 0.1) is 19.7 Å². The van der Waals surface area contributed by atoms with Crippen LogP contribution in [-0.2, 0) is 6.54 Å². The molecule has 2 aromatic carbocycles. The number of nitrogens with zero attached hydrogens (tertiary/aromatic N) is 2. The van der Waals surface area contributed by atoms with E-state index in [-0.39, 0.29) is 5.82 Å². The van der Waals surface area contributed by atoms with Crippen LogP contribution in [0.15, 0.2) is 54.6 Å². The van der Waals surface area contributed by atoms with Gasteiger partial charge in [-0.25, -0.2) is 9.37 Å². The average molecular weight is 280 g/mol. The van der Waals surface area contributed by atoms with Gasteiger partial charge in [0.1, 0.15) is 11.6 Å². The summed E-state index contributed by atoms with van der Waals surface area (Å²) in [7, 11) is 0. The molecule has 0 atom stereocenters. The predicted octanol–water partition coefficient (Wildman–Crippen LogP) is 4.35. The summed E-state index contributed by atoms with van der Waals surface area (Å²) in [4.78, 5) is 4.68. The van der Waals surface area contributed by atoms with E-state index in [0.717, 1.165) is 28.3 Å². The maximum atomic E-state index is 13.0. The van der Waals surface area contributed by atoms with E-state index in [1.807, 2.05) is 37.3 Å². The zero-order chi connectivity index (χ0) is 14.8. The second-order valence-corrected chi connectivity index (χ2v) is 5.18. The largest absolute Gasteiger partial charge is 0.324 e. The third-order valence-electron chi connectivity index (χ3n) is 3.74. The Kier molecular flexibility index (Phi) is 3.57. The van der Waals surface area contributed by atoms with Crippen molar-refractivity contribution in [3.05, 3.63) is 77.4 Å². The number of rotatable bonds is 3. The number of hydrogen-bond acceptors (Lipinski definition) is 1. The second-order valence-electron chi connectivity index (χ2n) is 5.18. The van der Waals surface area contributed by atoms with Crippen molar-refractivity contribution >= 4 is 0 Å². The molecule has 3 rings (SSSR count). The molecule has 0 saturated heterocycles. The van der Waals surface area contributed by atoms with Gasteiger partial charge < -0.3 is 4.57 Å². The zero-order valence-electron chi connectivity index (χ0n) is 12.2. The van der Waals surface area contributed by atoms with Crippen molar-refractivity contribution in [2.24, 2.45) is 0 Å². The molecule has 0 saturated carbocycles. The molecule has 1 heterocycles. The summed E-state index contributed by atoms with van der Waals surface area (Å²) in [5.74, 6) is 0.746. The van der Waals surface area contributed by atoms with Gasteiger partial charge >= 0.3 is 0 Å². The molecular formula is C18H17FN2. The van der Waals surface area contributed by atoms with E-state index >= 15 is 0 Å². The Morgan fingerprint density at radius 2 is 1.62 bits per heavy atom. The standard InChI is InChI=1S/C18H17FN2/c1-13-14(2)21(12-15-8-10-17(19)11-9-15)18(20-13)16-6-4-3-5-7-16/h3-11H,12H2,1-2H3. The Hall–Kier alpha value is -2.42. The van der Waals surface area contributed by atoms with E-state index in [1.54, 1.807) is 0 Å². The van der Waals surface area contributed by atoms with Crippen LogP contribution in [0.2, 0.25) is 0 Å². The maximum Gasteiger partial charge on any atom is 0.140 e. The maximum absolute atomic E-state index is 13.0. The molecule has 3 heteroatoms. The molecule has 0 aliphatic rings. The molecule has 0 aliphatic heterocycles. The van der Waals surface area contributed by atoms with Crippen molar-refractivity contribution in [3.8, 4) is 11.4 Å². The normalized spacial score (nSPS) is 10.8. The van der Waals surface area contributed by atoms with Gasteiger partial charge in [-0.15, -0.1) is 0 Å². The molecule has 1 aromatic heterocycles. The van der Waals surface area contributed by atoms with Crippen LogP contribution in [0.1, 0.15) is 17.0 Å². The minimum absolute atomic E-state index is 0.208. The highest BCUT2D eigenvalue weighted by molar-refractivity contribution is 5.57. The quantitative estimate of drug-likeness (QED) is 0.697. The molecule has 0 bridgehead atoms. The van der Waals surface area contributed by atoms with Crippen molar-refractivity contribution in [3.63, 3.8) is 0 Å². The van der Waals surface area contributed by atoms with E-state index in [9.17, 15) is 4.39 Å². The summed E-state index contributed by atoms with van der Waals surface area (Å²) in [6.07, 6.45) is 0. The lowest BCUT2D eigenvalue weighted by Crippen LogP contribution is -2.04. The number of aryl methyl sites for hydroxylation is 1. The van der Waals surface area contributed by atoms with Gasteiger partial charge in [-0.05, 0) is 31.5 Å². The van der Waals surface area contributed by atoms with Gasteiger partial charge in [0.15, 0.2) is 0 Å². The fraction of sp³-hybridized carbons (Fsp3) is 0.167. The number of imidazole rings is 1. The topological polar surface area (TPSA) is 17.8 Å². The number of hydrogen-bond donors (Lipinski definition) is 0. The molecule has 0 N–H and O–H groups in total. The van der Waals surface area contributed by atoms with Crippen molar-refractivity contribution < 1.29 is 4.39 Å². The lowest BCUT2D eigenvalue weighted by atomic mass is 10.2. The first kappa shape index (κ1) is 13.6. The number of aromatic nitrogens is 2. The summed E-state index contributed by atoms with van der Waals surface area (Å²) in [6.45, 7) is 4.78. The molecule has 0 aliphatic carbocycles. The van der Waals surface area contributed by atoms with E-state index < -0.39 is 0 Å². The lowest BCUT2D eigenvalue weighted by Gasteiger charge is -2.10. The van der Waals surface area contributed by atoms with Crippen LogP contribution >= 0.6 is 0 Å². The molecule has 0 unspecified atom stereocenters. The van der Waals surface area contributed by atoms with E-state index in [0.29, 0.717) is 6.54 Å². The van der Waals surface area contributed by atoms with E-state index in [4.69, 9.17) is 0 Å². The molecule has 3 aromatic rings. The van der Waals surface area contributed by atoms with Crippen LogP contribution in [0.5, 0.6) is 0 Å². The van der Waals surface area contributed by atoms with Crippen molar-refractivity contribution in [2.45, 2.75) is 20.4 Å². The highest BCUT2D eigenvalue weighted by atomic mass is 19.1. The molecule has 0 radical (unpaired) electrons. The summed E-state index contributed by atoms with van der Waals surface area (Å²) < 4.78 is 15.2. The van der Waals surface area contributed by atoms with Gasteiger partial charge in [-0.3, -0.25) is 0 Å². The lowest BCUT2D eigenvalue weighted by molar-refractivity contribution is 0.626. The highest BCUT2D eigenvalue weighted by Crippen LogP contribution is 2.23. The summed E-state index contributed by atoms with van der Waals surface area (Å²) >= 11 is 0. The van der Waals surface area contributed by atoms with Crippen LogP contribution < -0.4 is 0 Å². The van der Waals surface area contributed by atoms with E-state index in [2.05, 4.69) is 28.6 Å². The van der Waals surface area contributed by atoms with Crippen molar-refractivity contribution in [1.29, 1.82) is 0 Å². The monoisotopic (exact) mass is 280 g/mol. The molecule has 0 fully saturated rings. The van der Waals surface area contributed by atoms with Gasteiger partial charge in [-0.1, -0.05) is 42.5 Å². The SMILES string of the molecule is Cc1nc(-c2ccccc2)n(Cc2ccc(F)cc2)c1C. The fourth-order valence-corrected chi connectivity index (χ4v) is 2.43. The van der Waals surface area contributed by atoms with Gasteiger partial charge in [0, 0.05) is 17.8 Å².